The van der Waals surface area contributed by atoms with Crippen molar-refractivity contribution >= 4 is 28.2 Å². The maximum Gasteiger partial charge on any atom is 0.226 e. The lowest BCUT2D eigenvalue weighted by Crippen LogP contribution is -2.13. The number of carbonyl (C=O) groups is 2. The van der Waals surface area contributed by atoms with Crippen LogP contribution in [0.25, 0.3) is 0 Å². The highest BCUT2D eigenvalue weighted by atomic mass is 32.1. The molecule has 1 N–H and O–H groups in total. The van der Waals surface area contributed by atoms with Gasteiger partial charge in [0.05, 0.1) is 11.8 Å². The predicted octanol–water partition coefficient (Wildman–Crippen LogP) is 3.53. The largest absolute Gasteiger partial charge is 0.302 e. The van der Waals surface area contributed by atoms with Crippen LogP contribution in [-0.4, -0.2) is 26.5 Å². The van der Waals surface area contributed by atoms with Crippen LogP contribution >= 0.6 is 11.3 Å². The van der Waals surface area contributed by atoms with Crippen LogP contribution in [0.3, 0.4) is 0 Å². The first kappa shape index (κ1) is 16.8. The fourth-order valence-electron chi connectivity index (χ4n) is 3.04. The van der Waals surface area contributed by atoms with Gasteiger partial charge in [-0.2, -0.15) is 5.10 Å². The van der Waals surface area contributed by atoms with Gasteiger partial charge in [-0.1, -0.05) is 19.3 Å². The van der Waals surface area contributed by atoms with Crippen molar-refractivity contribution in [3.63, 3.8) is 0 Å². The van der Waals surface area contributed by atoms with Crippen molar-refractivity contribution in [2.45, 2.75) is 50.9 Å². The second kappa shape index (κ2) is 7.70. The maximum atomic E-state index is 12.0. The molecule has 0 aromatic carbocycles. The van der Waals surface area contributed by atoms with Crippen LogP contribution in [0.15, 0.2) is 18.6 Å². The van der Waals surface area contributed by atoms with Gasteiger partial charge in [0.25, 0.3) is 0 Å². The highest BCUT2D eigenvalue weighted by Crippen LogP contribution is 2.36. The summed E-state index contributed by atoms with van der Waals surface area (Å²) in [5.74, 6) is 0.353. The summed E-state index contributed by atoms with van der Waals surface area (Å²) in [4.78, 5) is 29.6. The molecule has 0 bridgehead atoms. The van der Waals surface area contributed by atoms with Crippen LogP contribution in [0.2, 0.25) is 0 Å². The molecule has 7 heteroatoms. The van der Waals surface area contributed by atoms with Crippen LogP contribution in [-0.2, 0) is 11.8 Å². The van der Waals surface area contributed by atoms with Crippen molar-refractivity contribution in [3.05, 3.63) is 29.0 Å². The molecule has 1 fully saturated rings. The zero-order chi connectivity index (χ0) is 16.9. The second-order valence-electron chi connectivity index (χ2n) is 6.28. The Kier molecular flexibility index (Phi) is 5.40. The fourth-order valence-corrected chi connectivity index (χ4v) is 4.04. The van der Waals surface area contributed by atoms with E-state index in [4.69, 9.17) is 0 Å². The van der Waals surface area contributed by atoms with E-state index in [0.29, 0.717) is 16.6 Å². The number of nitrogens with one attached hydrogen (secondary N) is 1. The van der Waals surface area contributed by atoms with Crippen molar-refractivity contribution in [2.24, 2.45) is 7.05 Å². The molecule has 0 spiro atoms. The molecular formula is C17H22N4O2S. The molecule has 1 saturated carbocycles. The summed E-state index contributed by atoms with van der Waals surface area (Å²) in [6, 6.07) is 0. The van der Waals surface area contributed by atoms with Crippen molar-refractivity contribution in [3.8, 4) is 0 Å². The molecule has 3 rings (SSSR count). The van der Waals surface area contributed by atoms with E-state index < -0.39 is 0 Å². The third-order valence-electron chi connectivity index (χ3n) is 4.38. The molecule has 2 heterocycles. The average molecular weight is 346 g/mol. The van der Waals surface area contributed by atoms with E-state index in [-0.39, 0.29) is 24.5 Å². The molecule has 0 radical (unpaired) electrons. The number of Topliss-reactive ketones (excluding diaryl/α,β-unsaturated/α-hetero) is 1. The lowest BCUT2D eigenvalue weighted by molar-refractivity contribution is -0.116. The Morgan fingerprint density at radius 3 is 2.75 bits per heavy atom. The quantitative estimate of drug-likeness (QED) is 0.812. The topological polar surface area (TPSA) is 76.9 Å². The minimum Gasteiger partial charge on any atom is -0.302 e. The number of carbonyl (C=O) groups excluding carboxylic acids is 2. The first-order valence-corrected chi connectivity index (χ1v) is 9.21. The maximum absolute atomic E-state index is 12.0. The van der Waals surface area contributed by atoms with E-state index in [1.165, 1.54) is 43.2 Å². The lowest BCUT2D eigenvalue weighted by atomic mass is 9.89. The minimum absolute atomic E-state index is 0.0692. The average Bonchev–Trinajstić information content (AvgIpc) is 3.23. The lowest BCUT2D eigenvalue weighted by Gasteiger charge is -2.19. The SMILES string of the molecule is Cn1cc(C(=O)CCC(=O)Nc2ncc(C3CCCCC3)s2)cn1. The normalized spacial score (nSPS) is 15.4. The number of anilines is 1. The van der Waals surface area contributed by atoms with Gasteiger partial charge >= 0.3 is 0 Å². The van der Waals surface area contributed by atoms with Gasteiger partial charge in [0.1, 0.15) is 0 Å². The number of nitrogens with zero attached hydrogens (tertiary/aromatic N) is 3. The molecule has 0 saturated heterocycles. The molecule has 0 unspecified atom stereocenters. The van der Waals surface area contributed by atoms with Gasteiger partial charge in [0.15, 0.2) is 10.9 Å². The van der Waals surface area contributed by atoms with Gasteiger partial charge in [-0.3, -0.25) is 14.3 Å². The fraction of sp³-hybridized carbons (Fsp3) is 0.529. The molecule has 24 heavy (non-hydrogen) atoms. The molecule has 2 aromatic rings. The Morgan fingerprint density at radius 2 is 2.04 bits per heavy atom. The zero-order valence-electron chi connectivity index (χ0n) is 13.8. The van der Waals surface area contributed by atoms with Gasteiger partial charge in [0.2, 0.25) is 5.91 Å². The van der Waals surface area contributed by atoms with Crippen LogP contribution in [0.5, 0.6) is 0 Å². The first-order chi connectivity index (χ1) is 11.6. The van der Waals surface area contributed by atoms with Gasteiger partial charge in [0, 0.05) is 37.2 Å². The number of hydrogen-bond donors (Lipinski definition) is 1. The summed E-state index contributed by atoms with van der Waals surface area (Å²) >= 11 is 1.56. The standard InChI is InChI=1S/C17H22N4O2S/c1-21-11-13(9-19-21)14(22)7-8-16(23)20-17-18-10-15(24-17)12-5-3-2-4-6-12/h9-12H,2-8H2,1H3,(H,18,20,23). The molecule has 0 aliphatic heterocycles. The zero-order valence-corrected chi connectivity index (χ0v) is 14.6. The summed E-state index contributed by atoms with van der Waals surface area (Å²) in [6.07, 6.45) is 11.7. The number of ketones is 1. The van der Waals surface area contributed by atoms with Crippen molar-refractivity contribution in [2.75, 3.05) is 5.32 Å². The Hall–Kier alpha value is -2.02. The molecule has 1 aliphatic rings. The van der Waals surface area contributed by atoms with Gasteiger partial charge in [-0.25, -0.2) is 4.98 Å². The Balaban J connectivity index is 1.48. The van der Waals surface area contributed by atoms with E-state index >= 15 is 0 Å². The number of rotatable bonds is 6. The van der Waals surface area contributed by atoms with E-state index in [2.05, 4.69) is 15.4 Å². The Bertz CT molecular complexity index is 716. The molecule has 0 atom stereocenters. The second-order valence-corrected chi connectivity index (χ2v) is 7.34. The van der Waals surface area contributed by atoms with Crippen molar-refractivity contribution in [1.82, 2.24) is 14.8 Å². The molecule has 2 aromatic heterocycles. The summed E-state index contributed by atoms with van der Waals surface area (Å²) in [5.41, 5.74) is 0.541. The van der Waals surface area contributed by atoms with Crippen molar-refractivity contribution < 1.29 is 9.59 Å². The molecule has 1 amide bonds. The third kappa shape index (κ3) is 4.29. The van der Waals surface area contributed by atoms with E-state index in [1.54, 1.807) is 29.3 Å². The van der Waals surface area contributed by atoms with Crippen LogP contribution < -0.4 is 5.32 Å². The number of aromatic nitrogens is 3. The molecule has 6 nitrogen and oxygen atoms in total. The van der Waals surface area contributed by atoms with Crippen LogP contribution in [0.4, 0.5) is 5.13 Å². The van der Waals surface area contributed by atoms with Crippen LogP contribution in [0, 0.1) is 0 Å². The Morgan fingerprint density at radius 1 is 1.25 bits per heavy atom. The first-order valence-electron chi connectivity index (χ1n) is 8.39. The molecular weight excluding hydrogens is 324 g/mol. The number of thiazole rings is 1. The van der Waals surface area contributed by atoms with E-state index in [1.807, 2.05) is 6.20 Å². The highest BCUT2D eigenvalue weighted by Gasteiger charge is 2.19. The summed E-state index contributed by atoms with van der Waals surface area (Å²) in [6.45, 7) is 0. The van der Waals surface area contributed by atoms with Gasteiger partial charge in [-0.15, -0.1) is 11.3 Å². The van der Waals surface area contributed by atoms with Gasteiger partial charge < -0.3 is 5.32 Å². The smallest absolute Gasteiger partial charge is 0.226 e. The van der Waals surface area contributed by atoms with Crippen molar-refractivity contribution in [1.29, 1.82) is 0 Å². The summed E-state index contributed by atoms with van der Waals surface area (Å²) in [7, 11) is 1.76. The van der Waals surface area contributed by atoms with Gasteiger partial charge in [-0.05, 0) is 18.8 Å². The third-order valence-corrected chi connectivity index (χ3v) is 5.46. The molecule has 128 valence electrons. The minimum atomic E-state index is -0.170. The number of amides is 1. The number of aryl methyl sites for hydroxylation is 1. The summed E-state index contributed by atoms with van der Waals surface area (Å²) in [5, 5.41) is 7.41. The summed E-state index contributed by atoms with van der Waals surface area (Å²) < 4.78 is 1.58. The van der Waals surface area contributed by atoms with Crippen LogP contribution in [0.1, 0.15) is 66.1 Å². The Labute approximate surface area is 145 Å². The monoisotopic (exact) mass is 346 g/mol. The van der Waals surface area contributed by atoms with E-state index in [9.17, 15) is 9.59 Å². The highest BCUT2D eigenvalue weighted by molar-refractivity contribution is 7.15. The predicted molar refractivity (Wildman–Crippen MR) is 93.3 cm³/mol. The van der Waals surface area contributed by atoms with E-state index in [0.717, 1.165) is 0 Å². The molecule has 1 aliphatic carbocycles. The number of hydrogen-bond acceptors (Lipinski definition) is 5.